The standard InChI is InChI=1S/C23H27N5O4/c1-32-16-6-11-27-19-9-5-10-24-20(19)21(22(23(27)29)28(30)31)26-14-12-25(13-15-26)17-18-7-3-2-4-8-18/h2-5,7-10H,6,11-17H2,1H3. The van der Waals surface area contributed by atoms with Gasteiger partial charge in [0.2, 0.25) is 0 Å². The van der Waals surface area contributed by atoms with E-state index < -0.39 is 16.2 Å². The van der Waals surface area contributed by atoms with Crippen LogP contribution in [-0.4, -0.2) is 59.3 Å². The molecule has 0 atom stereocenters. The van der Waals surface area contributed by atoms with Crippen LogP contribution in [0.2, 0.25) is 0 Å². The third-order valence-electron chi connectivity index (χ3n) is 5.82. The van der Waals surface area contributed by atoms with Gasteiger partial charge in [-0.2, -0.15) is 0 Å². The van der Waals surface area contributed by atoms with Crippen molar-refractivity contribution in [3.8, 4) is 0 Å². The number of ether oxygens (including phenoxy) is 1. The van der Waals surface area contributed by atoms with Gasteiger partial charge in [-0.3, -0.25) is 24.8 Å². The zero-order valence-corrected chi connectivity index (χ0v) is 18.1. The molecule has 9 nitrogen and oxygen atoms in total. The summed E-state index contributed by atoms with van der Waals surface area (Å²) in [7, 11) is 1.59. The van der Waals surface area contributed by atoms with Crippen LogP contribution < -0.4 is 10.5 Å². The molecule has 2 aromatic heterocycles. The predicted molar refractivity (Wildman–Crippen MR) is 123 cm³/mol. The van der Waals surface area contributed by atoms with Gasteiger partial charge in [0.1, 0.15) is 11.2 Å². The summed E-state index contributed by atoms with van der Waals surface area (Å²) in [5.41, 5.74) is 1.68. The van der Waals surface area contributed by atoms with Gasteiger partial charge in [0.25, 0.3) is 0 Å². The van der Waals surface area contributed by atoms with E-state index >= 15 is 0 Å². The highest BCUT2D eigenvalue weighted by atomic mass is 16.6. The number of piperazine rings is 1. The molecule has 1 aliphatic heterocycles. The Kier molecular flexibility index (Phi) is 6.77. The topological polar surface area (TPSA) is 93.7 Å². The first-order valence-corrected chi connectivity index (χ1v) is 10.8. The van der Waals surface area contributed by atoms with Crippen molar-refractivity contribution in [1.82, 2.24) is 14.5 Å². The molecule has 168 valence electrons. The van der Waals surface area contributed by atoms with Crippen LogP contribution in [0.5, 0.6) is 0 Å². The van der Waals surface area contributed by atoms with Gasteiger partial charge in [-0.05, 0) is 24.1 Å². The first kappa shape index (κ1) is 21.9. The van der Waals surface area contributed by atoms with Gasteiger partial charge in [-0.1, -0.05) is 30.3 Å². The van der Waals surface area contributed by atoms with E-state index in [0.717, 1.165) is 19.6 Å². The Balaban J connectivity index is 1.67. The van der Waals surface area contributed by atoms with Crippen molar-refractivity contribution in [2.24, 2.45) is 0 Å². The molecular formula is C23H27N5O4. The first-order valence-electron chi connectivity index (χ1n) is 10.8. The van der Waals surface area contributed by atoms with Crippen molar-refractivity contribution in [2.45, 2.75) is 19.5 Å². The van der Waals surface area contributed by atoms with Crippen molar-refractivity contribution in [2.75, 3.05) is 44.8 Å². The second-order valence-electron chi connectivity index (χ2n) is 7.88. The van der Waals surface area contributed by atoms with Crippen LogP contribution in [0.15, 0.2) is 53.5 Å². The van der Waals surface area contributed by atoms with Gasteiger partial charge in [-0.15, -0.1) is 0 Å². The van der Waals surface area contributed by atoms with Crippen LogP contribution >= 0.6 is 0 Å². The molecule has 0 aliphatic carbocycles. The van der Waals surface area contributed by atoms with E-state index in [1.54, 1.807) is 25.4 Å². The van der Waals surface area contributed by atoms with Crippen molar-refractivity contribution in [3.63, 3.8) is 0 Å². The van der Waals surface area contributed by atoms with Crippen LogP contribution in [-0.2, 0) is 17.8 Å². The second-order valence-corrected chi connectivity index (χ2v) is 7.88. The van der Waals surface area contributed by atoms with Gasteiger partial charge < -0.3 is 14.2 Å². The number of benzene rings is 1. The smallest absolute Gasteiger partial charge is 0.359 e. The quantitative estimate of drug-likeness (QED) is 0.304. The summed E-state index contributed by atoms with van der Waals surface area (Å²) in [4.78, 5) is 33.4. The molecule has 9 heteroatoms. The lowest BCUT2D eigenvalue weighted by Gasteiger charge is -2.36. The van der Waals surface area contributed by atoms with E-state index in [4.69, 9.17) is 4.74 Å². The van der Waals surface area contributed by atoms with E-state index in [-0.39, 0.29) is 0 Å². The number of hydrogen-bond acceptors (Lipinski definition) is 7. The molecule has 32 heavy (non-hydrogen) atoms. The van der Waals surface area contributed by atoms with E-state index in [9.17, 15) is 14.9 Å². The predicted octanol–water partition coefficient (Wildman–Crippen LogP) is 2.66. The summed E-state index contributed by atoms with van der Waals surface area (Å²) in [5.74, 6) is 0. The van der Waals surface area contributed by atoms with Gasteiger partial charge in [-0.25, -0.2) is 0 Å². The fraction of sp³-hybridized carbons (Fsp3) is 0.391. The normalized spacial score (nSPS) is 14.7. The molecule has 1 aromatic carbocycles. The zero-order valence-electron chi connectivity index (χ0n) is 18.1. The van der Waals surface area contributed by atoms with E-state index in [1.165, 1.54) is 10.1 Å². The SMILES string of the molecule is COCCCn1c(=O)c([N+](=O)[O-])c(N2CCN(Cc3ccccc3)CC2)c2ncccc21. The fourth-order valence-electron chi connectivity index (χ4n) is 4.27. The minimum absolute atomic E-state index is 0.331. The Morgan fingerprint density at radius 2 is 1.84 bits per heavy atom. The number of aromatic nitrogens is 2. The number of aryl methyl sites for hydroxylation is 1. The number of anilines is 1. The van der Waals surface area contributed by atoms with Crippen molar-refractivity contribution < 1.29 is 9.66 Å². The molecule has 1 aliphatic rings. The fourth-order valence-corrected chi connectivity index (χ4v) is 4.27. The Morgan fingerprint density at radius 1 is 1.09 bits per heavy atom. The molecule has 1 saturated heterocycles. The lowest BCUT2D eigenvalue weighted by Crippen LogP contribution is -2.46. The lowest BCUT2D eigenvalue weighted by molar-refractivity contribution is -0.385. The monoisotopic (exact) mass is 437 g/mol. The summed E-state index contributed by atoms with van der Waals surface area (Å²) in [6.45, 7) is 4.30. The highest BCUT2D eigenvalue weighted by Gasteiger charge is 2.32. The molecule has 4 rings (SSSR count). The molecule has 0 N–H and O–H groups in total. The van der Waals surface area contributed by atoms with Gasteiger partial charge in [0, 0.05) is 59.2 Å². The van der Waals surface area contributed by atoms with E-state index in [2.05, 4.69) is 22.0 Å². The second kappa shape index (κ2) is 9.88. The van der Waals surface area contributed by atoms with Crippen LogP contribution in [0.1, 0.15) is 12.0 Å². The Hall–Kier alpha value is -3.30. The first-order chi connectivity index (χ1) is 15.6. The van der Waals surface area contributed by atoms with Crippen molar-refractivity contribution >= 4 is 22.4 Å². The van der Waals surface area contributed by atoms with Crippen LogP contribution in [0.25, 0.3) is 11.0 Å². The minimum Gasteiger partial charge on any atom is -0.385 e. The molecule has 3 heterocycles. The van der Waals surface area contributed by atoms with Crippen LogP contribution in [0, 0.1) is 10.1 Å². The highest BCUT2D eigenvalue weighted by Crippen LogP contribution is 2.33. The van der Waals surface area contributed by atoms with E-state index in [0.29, 0.717) is 49.4 Å². The Morgan fingerprint density at radius 3 is 2.53 bits per heavy atom. The van der Waals surface area contributed by atoms with Crippen LogP contribution in [0.4, 0.5) is 11.4 Å². The Labute approximate surface area is 186 Å². The summed E-state index contributed by atoms with van der Waals surface area (Å²) < 4.78 is 6.54. The largest absolute Gasteiger partial charge is 0.385 e. The van der Waals surface area contributed by atoms with Gasteiger partial charge >= 0.3 is 11.2 Å². The number of nitro groups is 1. The molecule has 0 spiro atoms. The summed E-state index contributed by atoms with van der Waals surface area (Å²) in [6.07, 6.45) is 2.19. The van der Waals surface area contributed by atoms with Crippen LogP contribution in [0.3, 0.4) is 0 Å². The average molecular weight is 438 g/mol. The summed E-state index contributed by atoms with van der Waals surface area (Å²) in [6, 6.07) is 13.8. The molecular weight excluding hydrogens is 410 g/mol. The molecule has 3 aromatic rings. The molecule has 0 bridgehead atoms. The van der Waals surface area contributed by atoms with Gasteiger partial charge in [0.05, 0.1) is 10.4 Å². The zero-order chi connectivity index (χ0) is 22.5. The number of fused-ring (bicyclic) bond motifs is 1. The molecule has 0 radical (unpaired) electrons. The summed E-state index contributed by atoms with van der Waals surface area (Å²) >= 11 is 0. The van der Waals surface area contributed by atoms with E-state index in [1.807, 2.05) is 23.1 Å². The number of pyridine rings is 2. The van der Waals surface area contributed by atoms with Crippen molar-refractivity contribution in [3.05, 3.63) is 74.7 Å². The molecule has 0 amide bonds. The number of hydrogen-bond donors (Lipinski definition) is 0. The maximum Gasteiger partial charge on any atom is 0.359 e. The number of methoxy groups -OCH3 is 1. The molecule has 0 saturated carbocycles. The number of rotatable bonds is 8. The summed E-state index contributed by atoms with van der Waals surface area (Å²) in [5, 5.41) is 12.0. The third-order valence-corrected chi connectivity index (χ3v) is 5.82. The number of nitrogens with zero attached hydrogens (tertiary/aromatic N) is 5. The molecule has 1 fully saturated rings. The highest BCUT2D eigenvalue weighted by molar-refractivity contribution is 5.93. The maximum absolute atomic E-state index is 13.2. The Bertz CT molecular complexity index is 1140. The van der Waals surface area contributed by atoms with Gasteiger partial charge in [0.15, 0.2) is 0 Å². The lowest BCUT2D eigenvalue weighted by atomic mass is 10.1. The maximum atomic E-state index is 13.2. The minimum atomic E-state index is -0.590. The molecule has 0 unspecified atom stereocenters. The average Bonchev–Trinajstić information content (AvgIpc) is 2.81. The third kappa shape index (κ3) is 4.49. The van der Waals surface area contributed by atoms with Crippen molar-refractivity contribution in [1.29, 1.82) is 0 Å².